The van der Waals surface area contributed by atoms with Crippen molar-refractivity contribution in [3.63, 3.8) is 0 Å². The summed E-state index contributed by atoms with van der Waals surface area (Å²) in [5, 5.41) is 11.0. The zero-order valence-electron chi connectivity index (χ0n) is 14.1. The van der Waals surface area contributed by atoms with E-state index < -0.39 is 0 Å². The van der Waals surface area contributed by atoms with Gasteiger partial charge in [0.2, 0.25) is 11.1 Å². The van der Waals surface area contributed by atoms with Gasteiger partial charge in [0.25, 0.3) is 0 Å². The number of benzene rings is 1. The van der Waals surface area contributed by atoms with Gasteiger partial charge in [0.15, 0.2) is 5.82 Å². The molecule has 2 rings (SSSR count). The fraction of sp³-hybridized carbons (Fsp3) is 0.438. The van der Waals surface area contributed by atoms with Gasteiger partial charge in [-0.15, -0.1) is 5.10 Å². The predicted molar refractivity (Wildman–Crippen MR) is 95.5 cm³/mol. The number of hydrogen-bond acceptors (Lipinski definition) is 5. The lowest BCUT2D eigenvalue weighted by atomic mass is 10.1. The molecule has 24 heavy (non-hydrogen) atoms. The average Bonchev–Trinajstić information content (AvgIpc) is 2.93. The molecular formula is C16H21ClN4O2S. The molecule has 0 aliphatic carbocycles. The second-order valence-electron chi connectivity index (χ2n) is 6.35. The first-order chi connectivity index (χ1) is 11.2. The van der Waals surface area contributed by atoms with Crippen LogP contribution in [0, 0.1) is 6.92 Å². The highest BCUT2D eigenvalue weighted by atomic mass is 35.5. The number of aryl methyl sites for hydroxylation is 1. The Kier molecular flexibility index (Phi) is 6.12. The van der Waals surface area contributed by atoms with Gasteiger partial charge >= 0.3 is 0 Å². The quantitative estimate of drug-likeness (QED) is 0.764. The Morgan fingerprint density at radius 3 is 2.83 bits per heavy atom. The zero-order chi connectivity index (χ0) is 17.7. The third kappa shape index (κ3) is 6.05. The van der Waals surface area contributed by atoms with Crippen molar-refractivity contribution in [1.82, 2.24) is 20.5 Å². The molecule has 2 aromatic rings. The molecule has 0 radical (unpaired) electrons. The van der Waals surface area contributed by atoms with Crippen LogP contribution < -0.4 is 10.1 Å². The molecule has 1 heterocycles. The number of thioether (sulfide) groups is 1. The Balaban J connectivity index is 1.82. The number of H-pyrrole nitrogens is 1. The Labute approximate surface area is 150 Å². The van der Waals surface area contributed by atoms with Gasteiger partial charge < -0.3 is 10.1 Å². The minimum absolute atomic E-state index is 0.0493. The summed E-state index contributed by atoms with van der Waals surface area (Å²) in [6.07, 6.45) is 0. The molecular weight excluding hydrogens is 348 g/mol. The van der Waals surface area contributed by atoms with Crippen molar-refractivity contribution in [3.05, 3.63) is 34.6 Å². The van der Waals surface area contributed by atoms with E-state index in [0.29, 0.717) is 21.8 Å². The second-order valence-corrected chi connectivity index (χ2v) is 7.70. The summed E-state index contributed by atoms with van der Waals surface area (Å²) in [6, 6.07) is 5.46. The van der Waals surface area contributed by atoms with E-state index in [1.165, 1.54) is 11.8 Å². The van der Waals surface area contributed by atoms with Crippen LogP contribution in [-0.4, -0.2) is 32.4 Å². The molecule has 1 aromatic heterocycles. The maximum atomic E-state index is 11.8. The summed E-state index contributed by atoms with van der Waals surface area (Å²) in [4.78, 5) is 16.1. The first-order valence-corrected chi connectivity index (χ1v) is 8.83. The third-order valence-electron chi connectivity index (χ3n) is 2.86. The lowest BCUT2D eigenvalue weighted by Crippen LogP contribution is -2.41. The minimum atomic E-state index is -0.244. The number of hydrogen-bond donors (Lipinski definition) is 2. The molecule has 0 atom stereocenters. The van der Waals surface area contributed by atoms with Crippen molar-refractivity contribution in [3.8, 4) is 5.75 Å². The van der Waals surface area contributed by atoms with Gasteiger partial charge in [0.1, 0.15) is 12.4 Å². The molecule has 1 aromatic carbocycles. The number of aromatic nitrogens is 3. The van der Waals surface area contributed by atoms with E-state index in [1.807, 2.05) is 33.8 Å². The van der Waals surface area contributed by atoms with Crippen molar-refractivity contribution < 1.29 is 9.53 Å². The smallest absolute Gasteiger partial charge is 0.230 e. The van der Waals surface area contributed by atoms with Crippen LogP contribution in [0.15, 0.2) is 23.4 Å². The Morgan fingerprint density at radius 2 is 2.17 bits per heavy atom. The van der Waals surface area contributed by atoms with Crippen LogP contribution in [0.1, 0.15) is 32.2 Å². The van der Waals surface area contributed by atoms with Crippen LogP contribution in [0.5, 0.6) is 5.75 Å². The summed E-state index contributed by atoms with van der Waals surface area (Å²) < 4.78 is 5.65. The van der Waals surface area contributed by atoms with Gasteiger partial charge in [0.05, 0.1) is 5.75 Å². The first kappa shape index (κ1) is 18.6. The van der Waals surface area contributed by atoms with Crippen LogP contribution in [0.4, 0.5) is 0 Å². The molecule has 0 fully saturated rings. The topological polar surface area (TPSA) is 79.9 Å². The number of halogens is 1. The van der Waals surface area contributed by atoms with Crippen molar-refractivity contribution in [1.29, 1.82) is 0 Å². The van der Waals surface area contributed by atoms with E-state index in [1.54, 1.807) is 12.1 Å². The molecule has 8 heteroatoms. The Bertz CT molecular complexity index is 712. The van der Waals surface area contributed by atoms with E-state index in [2.05, 4.69) is 20.5 Å². The Morgan fingerprint density at radius 1 is 1.42 bits per heavy atom. The molecule has 130 valence electrons. The van der Waals surface area contributed by atoms with Gasteiger partial charge in [-0.2, -0.15) is 0 Å². The summed E-state index contributed by atoms with van der Waals surface area (Å²) in [5.41, 5.74) is 0.708. The molecule has 0 aliphatic rings. The second kappa shape index (κ2) is 7.90. The monoisotopic (exact) mass is 368 g/mol. The lowest BCUT2D eigenvalue weighted by molar-refractivity contribution is -0.119. The number of carbonyl (C=O) groups excluding carboxylic acids is 1. The minimum Gasteiger partial charge on any atom is -0.486 e. The van der Waals surface area contributed by atoms with Gasteiger partial charge in [-0.25, -0.2) is 4.98 Å². The number of rotatable bonds is 6. The van der Waals surface area contributed by atoms with Gasteiger partial charge in [-0.3, -0.25) is 9.89 Å². The SMILES string of the molecule is Cc1cc(OCc2nc(SCC(=O)NC(C)(C)C)n[nH]2)ccc1Cl. The molecule has 0 bridgehead atoms. The zero-order valence-corrected chi connectivity index (χ0v) is 15.7. The van der Waals surface area contributed by atoms with Crippen molar-refractivity contribution in [2.45, 2.75) is 45.0 Å². The molecule has 0 saturated carbocycles. The van der Waals surface area contributed by atoms with Crippen LogP contribution >= 0.6 is 23.4 Å². The number of nitrogens with zero attached hydrogens (tertiary/aromatic N) is 2. The standard InChI is InChI=1S/C16H21ClN4O2S/c1-10-7-11(5-6-12(10)17)23-8-13-18-15(21-20-13)24-9-14(22)19-16(2,3)4/h5-7H,8-9H2,1-4H3,(H,19,22)(H,18,20,21). The number of ether oxygens (including phenoxy) is 1. The summed E-state index contributed by atoms with van der Waals surface area (Å²) in [7, 11) is 0. The lowest BCUT2D eigenvalue weighted by Gasteiger charge is -2.19. The van der Waals surface area contributed by atoms with E-state index in [4.69, 9.17) is 16.3 Å². The van der Waals surface area contributed by atoms with E-state index in [0.717, 1.165) is 5.56 Å². The Hall–Kier alpha value is -1.73. The third-order valence-corrected chi connectivity index (χ3v) is 4.13. The number of nitrogens with one attached hydrogen (secondary N) is 2. The molecule has 0 saturated heterocycles. The first-order valence-electron chi connectivity index (χ1n) is 7.47. The normalized spacial score (nSPS) is 11.4. The number of aromatic amines is 1. The average molecular weight is 369 g/mol. The molecule has 0 unspecified atom stereocenters. The van der Waals surface area contributed by atoms with Gasteiger partial charge in [-0.1, -0.05) is 23.4 Å². The summed E-state index contributed by atoms with van der Waals surface area (Å²) >= 11 is 7.26. The number of amides is 1. The highest BCUT2D eigenvalue weighted by Gasteiger charge is 2.14. The maximum absolute atomic E-state index is 11.8. The van der Waals surface area contributed by atoms with Crippen LogP contribution in [-0.2, 0) is 11.4 Å². The largest absolute Gasteiger partial charge is 0.486 e. The highest BCUT2D eigenvalue weighted by molar-refractivity contribution is 7.99. The van der Waals surface area contributed by atoms with Crippen molar-refractivity contribution >= 4 is 29.3 Å². The fourth-order valence-corrected chi connectivity index (χ4v) is 2.58. The molecule has 1 amide bonds. The summed E-state index contributed by atoms with van der Waals surface area (Å²) in [6.45, 7) is 8.01. The molecule has 0 aliphatic heterocycles. The van der Waals surface area contributed by atoms with Crippen LogP contribution in [0.3, 0.4) is 0 Å². The maximum Gasteiger partial charge on any atom is 0.230 e. The molecule has 6 nitrogen and oxygen atoms in total. The fourth-order valence-electron chi connectivity index (χ4n) is 1.85. The summed E-state index contributed by atoms with van der Waals surface area (Å²) in [5.74, 6) is 1.53. The van der Waals surface area contributed by atoms with Gasteiger partial charge in [-0.05, 0) is 51.5 Å². The molecule has 0 spiro atoms. The van der Waals surface area contributed by atoms with Crippen molar-refractivity contribution in [2.24, 2.45) is 0 Å². The van der Waals surface area contributed by atoms with E-state index in [-0.39, 0.29) is 23.8 Å². The number of carbonyl (C=O) groups is 1. The van der Waals surface area contributed by atoms with Crippen LogP contribution in [0.2, 0.25) is 5.02 Å². The van der Waals surface area contributed by atoms with E-state index >= 15 is 0 Å². The molecule has 2 N–H and O–H groups in total. The van der Waals surface area contributed by atoms with Gasteiger partial charge in [0, 0.05) is 10.6 Å². The predicted octanol–water partition coefficient (Wildman–Crippen LogP) is 3.35. The highest BCUT2D eigenvalue weighted by Crippen LogP contribution is 2.21. The van der Waals surface area contributed by atoms with E-state index in [9.17, 15) is 4.79 Å². The van der Waals surface area contributed by atoms with Crippen molar-refractivity contribution in [2.75, 3.05) is 5.75 Å². The van der Waals surface area contributed by atoms with Crippen LogP contribution in [0.25, 0.3) is 0 Å².